The molecule has 1 aliphatic rings. The van der Waals surface area contributed by atoms with Crippen LogP contribution in [0.4, 0.5) is 0 Å². The molecule has 2 heterocycles. The fraction of sp³-hybridized carbons (Fsp3) is 0.389. The van der Waals surface area contributed by atoms with Gasteiger partial charge in [0.2, 0.25) is 0 Å². The minimum absolute atomic E-state index is 0. The zero-order valence-corrected chi connectivity index (χ0v) is 14.2. The van der Waals surface area contributed by atoms with Crippen LogP contribution < -0.4 is 5.73 Å². The fourth-order valence-corrected chi connectivity index (χ4v) is 3.22. The summed E-state index contributed by atoms with van der Waals surface area (Å²) >= 11 is 0. The Balaban J connectivity index is 0.00000192. The lowest BCUT2D eigenvalue weighted by molar-refractivity contribution is 0.0578. The lowest BCUT2D eigenvalue weighted by Crippen LogP contribution is -2.51. The number of piperidine rings is 1. The van der Waals surface area contributed by atoms with Crippen molar-refractivity contribution in [1.82, 2.24) is 9.88 Å². The van der Waals surface area contributed by atoms with Gasteiger partial charge in [-0.05, 0) is 43.9 Å². The van der Waals surface area contributed by atoms with Crippen molar-refractivity contribution in [1.29, 1.82) is 0 Å². The molecular weight excluding hydrogens is 310 g/mol. The highest BCUT2D eigenvalue weighted by molar-refractivity contribution is 5.93. The highest BCUT2D eigenvalue weighted by Gasteiger charge is 2.30. The molecule has 1 fully saturated rings. The molecule has 0 aliphatic carbocycles. The summed E-state index contributed by atoms with van der Waals surface area (Å²) in [6.45, 7) is 2.78. The number of amides is 1. The molecule has 23 heavy (non-hydrogen) atoms. The molecule has 2 atom stereocenters. The fourth-order valence-electron chi connectivity index (χ4n) is 3.22. The highest BCUT2D eigenvalue weighted by Crippen LogP contribution is 2.23. The first-order valence-electron chi connectivity index (χ1n) is 7.98. The molecule has 5 heteroatoms. The van der Waals surface area contributed by atoms with Gasteiger partial charge in [0.15, 0.2) is 0 Å². The van der Waals surface area contributed by atoms with E-state index >= 15 is 0 Å². The molecule has 2 unspecified atom stereocenters. The number of hydrogen-bond acceptors (Lipinski definition) is 2. The summed E-state index contributed by atoms with van der Waals surface area (Å²) in [5, 5.41) is 0. The quantitative estimate of drug-likeness (QED) is 0.903. The number of nitrogens with zero attached hydrogens (tertiary/aromatic N) is 1. The van der Waals surface area contributed by atoms with E-state index in [9.17, 15) is 4.79 Å². The molecule has 124 valence electrons. The number of H-pyrrole nitrogens is 1. The predicted octanol–water partition coefficient (Wildman–Crippen LogP) is 3.45. The normalized spacial score (nSPS) is 19.0. The van der Waals surface area contributed by atoms with E-state index in [0.29, 0.717) is 5.69 Å². The zero-order valence-electron chi connectivity index (χ0n) is 13.4. The maximum Gasteiger partial charge on any atom is 0.270 e. The van der Waals surface area contributed by atoms with Gasteiger partial charge in [-0.2, -0.15) is 0 Å². The van der Waals surface area contributed by atoms with Gasteiger partial charge in [-0.25, -0.2) is 0 Å². The monoisotopic (exact) mass is 333 g/mol. The third-order valence-electron chi connectivity index (χ3n) is 4.42. The van der Waals surface area contributed by atoms with Crippen LogP contribution >= 0.6 is 12.4 Å². The predicted molar refractivity (Wildman–Crippen MR) is 95.8 cm³/mol. The van der Waals surface area contributed by atoms with Crippen molar-refractivity contribution in [2.24, 2.45) is 5.73 Å². The van der Waals surface area contributed by atoms with Crippen molar-refractivity contribution in [2.45, 2.75) is 38.3 Å². The number of aromatic nitrogens is 1. The van der Waals surface area contributed by atoms with Crippen LogP contribution in [-0.2, 0) is 0 Å². The van der Waals surface area contributed by atoms with Crippen molar-refractivity contribution in [2.75, 3.05) is 6.54 Å². The summed E-state index contributed by atoms with van der Waals surface area (Å²) in [5.74, 6) is 0.0594. The molecule has 2 aromatic rings. The number of halogens is 1. The molecular formula is C18H24ClN3O. The van der Waals surface area contributed by atoms with Crippen LogP contribution in [0.2, 0.25) is 0 Å². The van der Waals surface area contributed by atoms with Crippen LogP contribution in [0.3, 0.4) is 0 Å². The molecule has 3 N–H and O–H groups in total. The Morgan fingerprint density at radius 2 is 1.96 bits per heavy atom. The van der Waals surface area contributed by atoms with E-state index < -0.39 is 0 Å². The van der Waals surface area contributed by atoms with Crippen LogP contribution in [0.25, 0.3) is 11.3 Å². The van der Waals surface area contributed by atoms with Crippen molar-refractivity contribution in [3.8, 4) is 11.3 Å². The third kappa shape index (κ3) is 3.77. The number of benzene rings is 1. The molecule has 1 saturated heterocycles. The number of nitrogens with one attached hydrogen (secondary N) is 1. The van der Waals surface area contributed by atoms with E-state index in [1.807, 2.05) is 54.3 Å². The maximum absolute atomic E-state index is 12.8. The van der Waals surface area contributed by atoms with Crippen LogP contribution in [0, 0.1) is 0 Å². The minimum Gasteiger partial charge on any atom is -0.351 e. The van der Waals surface area contributed by atoms with Gasteiger partial charge in [0, 0.05) is 24.3 Å². The second-order valence-corrected chi connectivity index (χ2v) is 6.07. The Kier molecular flexibility index (Phi) is 5.85. The second-order valence-electron chi connectivity index (χ2n) is 6.07. The Morgan fingerprint density at radius 3 is 2.65 bits per heavy atom. The second kappa shape index (κ2) is 7.66. The first kappa shape index (κ1) is 17.6. The van der Waals surface area contributed by atoms with Crippen molar-refractivity contribution in [3.63, 3.8) is 0 Å². The number of rotatable bonds is 3. The molecule has 1 aromatic carbocycles. The van der Waals surface area contributed by atoms with E-state index in [0.717, 1.165) is 37.1 Å². The van der Waals surface area contributed by atoms with Gasteiger partial charge in [-0.1, -0.05) is 30.3 Å². The number of nitrogens with two attached hydrogens (primary N) is 1. The number of carbonyl (C=O) groups excluding carboxylic acids is 1. The summed E-state index contributed by atoms with van der Waals surface area (Å²) in [4.78, 5) is 18.0. The number of hydrogen-bond donors (Lipinski definition) is 2. The average molecular weight is 334 g/mol. The minimum atomic E-state index is 0. The lowest BCUT2D eigenvalue weighted by Gasteiger charge is -2.37. The molecule has 4 nitrogen and oxygen atoms in total. The number of aromatic amines is 1. The van der Waals surface area contributed by atoms with Gasteiger partial charge < -0.3 is 15.6 Å². The standard InChI is InChI=1S/C18H23N3O.ClH/c1-13(19)17-9-5-6-12-21(17)18(22)16-11-10-15(20-16)14-7-3-2-4-8-14;/h2-4,7-8,10-11,13,17,20H,5-6,9,12,19H2,1H3;1H. The van der Waals surface area contributed by atoms with Gasteiger partial charge in [0.25, 0.3) is 5.91 Å². The summed E-state index contributed by atoms with van der Waals surface area (Å²) in [6.07, 6.45) is 3.20. The van der Waals surface area contributed by atoms with E-state index in [4.69, 9.17) is 5.73 Å². The van der Waals surface area contributed by atoms with Gasteiger partial charge >= 0.3 is 0 Å². The van der Waals surface area contributed by atoms with Gasteiger partial charge in [0.1, 0.15) is 5.69 Å². The van der Waals surface area contributed by atoms with Crippen LogP contribution in [0.1, 0.15) is 36.7 Å². The third-order valence-corrected chi connectivity index (χ3v) is 4.42. The number of likely N-dealkylation sites (tertiary alicyclic amines) is 1. The first-order valence-corrected chi connectivity index (χ1v) is 7.98. The summed E-state index contributed by atoms with van der Waals surface area (Å²) in [7, 11) is 0. The van der Waals surface area contributed by atoms with E-state index in [-0.39, 0.29) is 30.4 Å². The molecule has 0 saturated carbocycles. The van der Waals surface area contributed by atoms with Crippen molar-refractivity contribution >= 4 is 18.3 Å². The molecule has 0 spiro atoms. The zero-order chi connectivity index (χ0) is 15.5. The Morgan fingerprint density at radius 1 is 1.22 bits per heavy atom. The Hall–Kier alpha value is -1.78. The molecule has 3 rings (SSSR count). The molecule has 1 aliphatic heterocycles. The van der Waals surface area contributed by atoms with Crippen LogP contribution in [-0.4, -0.2) is 34.4 Å². The first-order chi connectivity index (χ1) is 10.7. The average Bonchev–Trinajstić information content (AvgIpc) is 3.05. The topological polar surface area (TPSA) is 62.1 Å². The molecule has 0 bridgehead atoms. The molecule has 1 aromatic heterocycles. The highest BCUT2D eigenvalue weighted by atomic mass is 35.5. The van der Waals surface area contributed by atoms with E-state index in [1.54, 1.807) is 0 Å². The maximum atomic E-state index is 12.8. The molecule has 1 amide bonds. The van der Waals surface area contributed by atoms with Crippen LogP contribution in [0.5, 0.6) is 0 Å². The van der Waals surface area contributed by atoms with E-state index in [2.05, 4.69) is 4.98 Å². The smallest absolute Gasteiger partial charge is 0.270 e. The summed E-state index contributed by atoms with van der Waals surface area (Å²) in [6, 6.07) is 14.0. The summed E-state index contributed by atoms with van der Waals surface area (Å²) in [5.41, 5.74) is 8.77. The van der Waals surface area contributed by atoms with Crippen molar-refractivity contribution < 1.29 is 4.79 Å². The Labute approximate surface area is 143 Å². The van der Waals surface area contributed by atoms with Gasteiger partial charge in [-0.3, -0.25) is 4.79 Å². The van der Waals surface area contributed by atoms with Gasteiger partial charge in [0.05, 0.1) is 0 Å². The number of carbonyl (C=O) groups is 1. The van der Waals surface area contributed by atoms with E-state index in [1.165, 1.54) is 0 Å². The van der Waals surface area contributed by atoms with Gasteiger partial charge in [-0.15, -0.1) is 12.4 Å². The van der Waals surface area contributed by atoms with Crippen molar-refractivity contribution in [3.05, 3.63) is 48.2 Å². The largest absolute Gasteiger partial charge is 0.351 e. The SMILES string of the molecule is CC(N)C1CCCCN1C(=O)c1ccc(-c2ccccc2)[nH]1.Cl. The lowest BCUT2D eigenvalue weighted by atomic mass is 9.96. The van der Waals surface area contributed by atoms with Crippen LogP contribution in [0.15, 0.2) is 42.5 Å². The Bertz CT molecular complexity index is 639. The summed E-state index contributed by atoms with van der Waals surface area (Å²) < 4.78 is 0. The molecule has 0 radical (unpaired) electrons.